The van der Waals surface area contributed by atoms with Gasteiger partial charge in [0.2, 0.25) is 0 Å². The van der Waals surface area contributed by atoms with Crippen molar-refractivity contribution in [3.8, 4) is 0 Å². The Kier molecular flexibility index (Phi) is 5.44. The van der Waals surface area contributed by atoms with Gasteiger partial charge in [0.25, 0.3) is 5.91 Å². The van der Waals surface area contributed by atoms with Crippen molar-refractivity contribution in [2.24, 2.45) is 0 Å². The number of rotatable bonds is 4. The minimum atomic E-state index is -3.24. The summed E-state index contributed by atoms with van der Waals surface area (Å²) in [5.41, 5.74) is 3.14. The number of carbonyl (C=O) groups is 1. The number of benzene rings is 2. The summed E-state index contributed by atoms with van der Waals surface area (Å²) >= 11 is 0. The highest BCUT2D eigenvalue weighted by atomic mass is 32.2. The Morgan fingerprint density at radius 3 is 2.31 bits per heavy atom. The van der Waals surface area contributed by atoms with Gasteiger partial charge in [0.15, 0.2) is 9.84 Å². The van der Waals surface area contributed by atoms with Crippen molar-refractivity contribution < 1.29 is 18.1 Å². The first-order valence-corrected chi connectivity index (χ1v) is 10.7. The van der Waals surface area contributed by atoms with Crippen LogP contribution in [0.1, 0.15) is 21.5 Å². The van der Waals surface area contributed by atoms with E-state index in [-0.39, 0.29) is 10.8 Å². The molecule has 26 heavy (non-hydrogen) atoms. The highest BCUT2D eigenvalue weighted by molar-refractivity contribution is 7.90. The van der Waals surface area contributed by atoms with Crippen LogP contribution < -0.4 is 4.90 Å². The second-order valence-electron chi connectivity index (χ2n) is 7.00. The zero-order valence-corrected chi connectivity index (χ0v) is 16.1. The van der Waals surface area contributed by atoms with Crippen LogP contribution in [0.5, 0.6) is 0 Å². The number of amides is 1. The number of hydrogen-bond acceptors (Lipinski definition) is 3. The molecule has 0 atom stereocenters. The summed E-state index contributed by atoms with van der Waals surface area (Å²) in [5.74, 6) is -0.0281. The predicted molar refractivity (Wildman–Crippen MR) is 101 cm³/mol. The van der Waals surface area contributed by atoms with Crippen LogP contribution in [0.2, 0.25) is 0 Å². The molecule has 1 amide bonds. The number of nitrogens with one attached hydrogen (secondary N) is 1. The van der Waals surface area contributed by atoms with E-state index < -0.39 is 9.84 Å². The summed E-state index contributed by atoms with van der Waals surface area (Å²) < 4.78 is 23.0. The van der Waals surface area contributed by atoms with Crippen LogP contribution in [0, 0.1) is 6.92 Å². The summed E-state index contributed by atoms with van der Waals surface area (Å²) in [6, 6.07) is 14.8. The normalized spacial score (nSPS) is 15.8. The van der Waals surface area contributed by atoms with Gasteiger partial charge >= 0.3 is 0 Å². The lowest BCUT2D eigenvalue weighted by atomic mass is 10.1. The van der Waals surface area contributed by atoms with Crippen molar-refractivity contribution in [3.05, 3.63) is 65.2 Å². The molecular formula is C20H25N2O3S+. The summed E-state index contributed by atoms with van der Waals surface area (Å²) in [6.07, 6.45) is 1.17. The molecule has 0 aromatic heterocycles. The molecule has 2 aromatic rings. The molecule has 1 aliphatic rings. The largest absolute Gasteiger partial charge is 0.328 e. The molecule has 1 N–H and O–H groups in total. The fourth-order valence-electron chi connectivity index (χ4n) is 3.34. The van der Waals surface area contributed by atoms with E-state index in [1.165, 1.54) is 34.4 Å². The maximum Gasteiger partial charge on any atom is 0.254 e. The first-order valence-electron chi connectivity index (χ1n) is 8.81. The van der Waals surface area contributed by atoms with E-state index in [4.69, 9.17) is 0 Å². The van der Waals surface area contributed by atoms with Crippen LogP contribution in [0.3, 0.4) is 0 Å². The van der Waals surface area contributed by atoms with Gasteiger partial charge in [-0.25, -0.2) is 8.42 Å². The summed E-state index contributed by atoms with van der Waals surface area (Å²) in [5, 5.41) is 0. The molecule has 0 unspecified atom stereocenters. The van der Waals surface area contributed by atoms with Crippen molar-refractivity contribution in [2.45, 2.75) is 18.4 Å². The SMILES string of the molecule is Cc1cccc(C[NH+]2CCN(C(=O)c3ccc(S(C)(=O)=O)cc3)CC2)c1. The second kappa shape index (κ2) is 7.60. The van der Waals surface area contributed by atoms with Gasteiger partial charge in [-0.3, -0.25) is 4.79 Å². The molecule has 3 rings (SSSR count). The third kappa shape index (κ3) is 4.51. The first-order chi connectivity index (χ1) is 12.3. The molecular weight excluding hydrogens is 348 g/mol. The van der Waals surface area contributed by atoms with Gasteiger partial charge in [0, 0.05) is 17.4 Å². The third-order valence-electron chi connectivity index (χ3n) is 4.82. The van der Waals surface area contributed by atoms with E-state index in [9.17, 15) is 13.2 Å². The fraction of sp³-hybridized carbons (Fsp3) is 0.350. The van der Waals surface area contributed by atoms with Gasteiger partial charge in [-0.1, -0.05) is 29.8 Å². The minimum absolute atomic E-state index is 0.0281. The van der Waals surface area contributed by atoms with Crippen LogP contribution in [-0.2, 0) is 16.4 Å². The van der Waals surface area contributed by atoms with Crippen LogP contribution in [0.4, 0.5) is 0 Å². The number of sulfone groups is 1. The fourth-order valence-corrected chi connectivity index (χ4v) is 3.97. The molecule has 138 valence electrons. The number of quaternary nitrogens is 1. The van der Waals surface area contributed by atoms with Gasteiger partial charge in [0.1, 0.15) is 6.54 Å². The smallest absolute Gasteiger partial charge is 0.254 e. The highest BCUT2D eigenvalue weighted by Gasteiger charge is 2.24. The van der Waals surface area contributed by atoms with Crippen molar-refractivity contribution in [2.75, 3.05) is 32.4 Å². The average molecular weight is 373 g/mol. The molecule has 1 heterocycles. The van der Waals surface area contributed by atoms with Crippen LogP contribution in [0.15, 0.2) is 53.4 Å². The van der Waals surface area contributed by atoms with E-state index in [0.29, 0.717) is 18.7 Å². The number of piperazine rings is 1. The molecule has 0 radical (unpaired) electrons. The molecule has 6 heteroatoms. The molecule has 0 aliphatic carbocycles. The van der Waals surface area contributed by atoms with Crippen molar-refractivity contribution >= 4 is 15.7 Å². The summed E-state index contributed by atoms with van der Waals surface area (Å²) in [7, 11) is -3.24. The van der Waals surface area contributed by atoms with Crippen molar-refractivity contribution in [1.82, 2.24) is 4.90 Å². The molecule has 1 aliphatic heterocycles. The highest BCUT2D eigenvalue weighted by Crippen LogP contribution is 2.12. The third-order valence-corrected chi connectivity index (χ3v) is 5.95. The summed E-state index contributed by atoms with van der Waals surface area (Å²) in [4.78, 5) is 16.2. The zero-order valence-electron chi connectivity index (χ0n) is 15.2. The maximum absolute atomic E-state index is 12.6. The zero-order chi connectivity index (χ0) is 18.7. The quantitative estimate of drug-likeness (QED) is 0.868. The Morgan fingerprint density at radius 1 is 1.08 bits per heavy atom. The Hall–Kier alpha value is -2.18. The molecule has 1 saturated heterocycles. The monoisotopic (exact) mass is 373 g/mol. The van der Waals surface area contributed by atoms with E-state index in [0.717, 1.165) is 19.6 Å². The van der Waals surface area contributed by atoms with Gasteiger partial charge in [-0.2, -0.15) is 0 Å². The molecule has 5 nitrogen and oxygen atoms in total. The van der Waals surface area contributed by atoms with Crippen LogP contribution >= 0.6 is 0 Å². The molecule has 2 aromatic carbocycles. The Bertz CT molecular complexity index is 884. The minimum Gasteiger partial charge on any atom is -0.328 e. The molecule has 0 spiro atoms. The van der Waals surface area contributed by atoms with E-state index >= 15 is 0 Å². The van der Waals surface area contributed by atoms with E-state index in [1.54, 1.807) is 12.1 Å². The topological polar surface area (TPSA) is 58.9 Å². The van der Waals surface area contributed by atoms with Gasteiger partial charge in [-0.05, 0) is 31.2 Å². The lowest BCUT2D eigenvalue weighted by Crippen LogP contribution is -3.13. The number of nitrogens with zero attached hydrogens (tertiary/aromatic N) is 1. The lowest BCUT2D eigenvalue weighted by Gasteiger charge is -2.32. The van der Waals surface area contributed by atoms with Gasteiger partial charge in [0.05, 0.1) is 31.1 Å². The average Bonchev–Trinajstić information content (AvgIpc) is 2.61. The molecule has 0 bridgehead atoms. The molecule has 1 fully saturated rings. The van der Waals surface area contributed by atoms with Crippen molar-refractivity contribution in [3.63, 3.8) is 0 Å². The van der Waals surface area contributed by atoms with Crippen LogP contribution in [0.25, 0.3) is 0 Å². The predicted octanol–water partition coefficient (Wildman–Crippen LogP) is 0.939. The number of aryl methyl sites for hydroxylation is 1. The standard InChI is InChI=1S/C20H24N2O3S/c1-16-4-3-5-17(14-16)15-21-10-12-22(13-11-21)20(23)18-6-8-19(9-7-18)26(2,24)25/h3-9,14H,10-13,15H2,1-2H3/p+1. The Morgan fingerprint density at radius 2 is 1.73 bits per heavy atom. The maximum atomic E-state index is 12.6. The van der Waals surface area contributed by atoms with Crippen LogP contribution in [-0.4, -0.2) is 51.7 Å². The Balaban J connectivity index is 1.58. The number of hydrogen-bond donors (Lipinski definition) is 1. The van der Waals surface area contributed by atoms with Gasteiger partial charge < -0.3 is 9.80 Å². The first kappa shape index (κ1) is 18.6. The lowest BCUT2D eigenvalue weighted by molar-refractivity contribution is -0.917. The number of carbonyl (C=O) groups excluding carboxylic acids is 1. The van der Waals surface area contributed by atoms with E-state index in [1.807, 2.05) is 4.90 Å². The Labute approximate surface area is 155 Å². The van der Waals surface area contributed by atoms with Gasteiger partial charge in [-0.15, -0.1) is 0 Å². The van der Waals surface area contributed by atoms with E-state index in [2.05, 4.69) is 31.2 Å². The summed E-state index contributed by atoms with van der Waals surface area (Å²) in [6.45, 7) is 6.35. The van der Waals surface area contributed by atoms with Crippen molar-refractivity contribution in [1.29, 1.82) is 0 Å². The molecule has 0 saturated carbocycles. The second-order valence-corrected chi connectivity index (χ2v) is 9.02.